The summed E-state index contributed by atoms with van der Waals surface area (Å²) in [6.07, 6.45) is 6.57. The Balaban J connectivity index is 1.83. The zero-order chi connectivity index (χ0) is 12.3. The lowest BCUT2D eigenvalue weighted by atomic mass is 9.92. The van der Waals surface area contributed by atoms with Crippen LogP contribution in [0.15, 0.2) is 0 Å². The van der Waals surface area contributed by atoms with E-state index in [4.69, 9.17) is 0 Å². The molecule has 2 N–H and O–H groups in total. The van der Waals surface area contributed by atoms with Crippen LogP contribution in [0.5, 0.6) is 0 Å². The molecule has 2 aliphatic rings. The topological polar surface area (TPSA) is 43.7 Å². The van der Waals surface area contributed by atoms with Crippen molar-refractivity contribution in [2.45, 2.75) is 57.7 Å². The molecule has 0 aromatic heterocycles. The molecule has 2 fully saturated rings. The first kappa shape index (κ1) is 13.3. The van der Waals surface area contributed by atoms with Gasteiger partial charge in [-0.2, -0.15) is 0 Å². The van der Waals surface area contributed by atoms with Crippen LogP contribution in [0.25, 0.3) is 0 Å². The monoisotopic (exact) mass is 241 g/mol. The van der Waals surface area contributed by atoms with Gasteiger partial charge >= 0.3 is 0 Å². The average Bonchev–Trinajstić information content (AvgIpc) is 2.50. The van der Waals surface area contributed by atoms with E-state index >= 15 is 0 Å². The maximum atomic E-state index is 10.1. The molecule has 0 bridgehead atoms. The van der Waals surface area contributed by atoms with Crippen molar-refractivity contribution >= 4 is 0 Å². The van der Waals surface area contributed by atoms with Crippen LogP contribution >= 0.6 is 0 Å². The van der Waals surface area contributed by atoms with Crippen LogP contribution in [0.4, 0.5) is 0 Å². The molecule has 100 valence electrons. The van der Waals surface area contributed by atoms with Gasteiger partial charge in [-0.25, -0.2) is 0 Å². The highest BCUT2D eigenvalue weighted by atomic mass is 16.3. The molecule has 3 heteroatoms. The summed E-state index contributed by atoms with van der Waals surface area (Å²) in [5.74, 6) is 0.839. The second-order valence-corrected chi connectivity index (χ2v) is 6.06. The average molecular weight is 241 g/mol. The highest BCUT2D eigenvalue weighted by Crippen LogP contribution is 2.26. The fourth-order valence-corrected chi connectivity index (χ4v) is 3.29. The Morgan fingerprint density at radius 2 is 1.76 bits per heavy atom. The predicted octanol–water partition coefficient (Wildman–Crippen LogP) is 1.63. The van der Waals surface area contributed by atoms with Gasteiger partial charge in [0, 0.05) is 19.6 Å². The summed E-state index contributed by atoms with van der Waals surface area (Å²) in [7, 11) is 0. The third-order valence-electron chi connectivity index (χ3n) is 4.56. The molecular formula is C14H27NO2. The third-order valence-corrected chi connectivity index (χ3v) is 4.56. The Kier molecular flexibility index (Phi) is 4.83. The second-order valence-electron chi connectivity index (χ2n) is 6.06. The van der Waals surface area contributed by atoms with Gasteiger partial charge in [0.15, 0.2) is 0 Å². The van der Waals surface area contributed by atoms with E-state index in [1.807, 2.05) is 0 Å². The minimum atomic E-state index is -0.120. The number of aliphatic hydroxyl groups excluding tert-OH is 2. The number of likely N-dealkylation sites (tertiary alicyclic amines) is 1. The van der Waals surface area contributed by atoms with Crippen LogP contribution in [0.1, 0.15) is 45.4 Å². The van der Waals surface area contributed by atoms with E-state index < -0.39 is 0 Å². The molecule has 0 radical (unpaired) electrons. The quantitative estimate of drug-likeness (QED) is 0.722. The Morgan fingerprint density at radius 1 is 1.00 bits per heavy atom. The summed E-state index contributed by atoms with van der Waals surface area (Å²) in [5, 5.41) is 19.8. The van der Waals surface area contributed by atoms with Crippen molar-refractivity contribution in [3.05, 3.63) is 0 Å². The lowest BCUT2D eigenvalue weighted by Gasteiger charge is -2.37. The van der Waals surface area contributed by atoms with E-state index in [1.54, 1.807) is 0 Å². The second kappa shape index (κ2) is 6.17. The number of rotatable bonds is 2. The van der Waals surface area contributed by atoms with Crippen LogP contribution in [0.3, 0.4) is 0 Å². The van der Waals surface area contributed by atoms with Gasteiger partial charge in [-0.3, -0.25) is 0 Å². The summed E-state index contributed by atoms with van der Waals surface area (Å²) in [6.45, 7) is 5.14. The van der Waals surface area contributed by atoms with Crippen LogP contribution in [0.2, 0.25) is 0 Å². The molecule has 0 spiro atoms. The molecule has 0 amide bonds. The maximum absolute atomic E-state index is 10.1. The van der Waals surface area contributed by atoms with Gasteiger partial charge in [-0.15, -0.1) is 0 Å². The molecule has 1 saturated heterocycles. The fourth-order valence-electron chi connectivity index (χ4n) is 3.29. The highest BCUT2D eigenvalue weighted by molar-refractivity contribution is 4.81. The number of piperidine rings is 1. The van der Waals surface area contributed by atoms with E-state index in [2.05, 4.69) is 11.8 Å². The first-order valence-electron chi connectivity index (χ1n) is 7.25. The molecule has 0 aromatic rings. The Hall–Kier alpha value is -0.120. The minimum absolute atomic E-state index is 0.0975. The van der Waals surface area contributed by atoms with E-state index in [0.29, 0.717) is 11.8 Å². The zero-order valence-corrected chi connectivity index (χ0v) is 11.0. The molecule has 17 heavy (non-hydrogen) atoms. The molecule has 0 aromatic carbocycles. The van der Waals surface area contributed by atoms with Crippen molar-refractivity contribution in [3.8, 4) is 0 Å². The number of hydrogen-bond acceptors (Lipinski definition) is 3. The molecular weight excluding hydrogens is 214 g/mol. The van der Waals surface area contributed by atoms with Crippen LogP contribution in [0, 0.1) is 11.8 Å². The highest BCUT2D eigenvalue weighted by Gasteiger charge is 2.28. The summed E-state index contributed by atoms with van der Waals surface area (Å²) in [4.78, 5) is 2.44. The van der Waals surface area contributed by atoms with Gasteiger partial charge in [-0.05, 0) is 31.1 Å². The van der Waals surface area contributed by atoms with Crippen molar-refractivity contribution in [1.29, 1.82) is 0 Å². The summed E-state index contributed by atoms with van der Waals surface area (Å²) < 4.78 is 0. The SMILES string of the molecule is CC1CN(CC2CCCCCC2O)CCC1O. The fraction of sp³-hybridized carbons (Fsp3) is 1.00. The van der Waals surface area contributed by atoms with Gasteiger partial charge < -0.3 is 15.1 Å². The van der Waals surface area contributed by atoms with Crippen LogP contribution in [-0.4, -0.2) is 47.0 Å². The molecule has 1 saturated carbocycles. The Morgan fingerprint density at radius 3 is 2.53 bits per heavy atom. The van der Waals surface area contributed by atoms with Crippen LogP contribution < -0.4 is 0 Å². The van der Waals surface area contributed by atoms with Crippen molar-refractivity contribution in [3.63, 3.8) is 0 Å². The van der Waals surface area contributed by atoms with Gasteiger partial charge in [0.1, 0.15) is 0 Å². The number of hydrogen-bond donors (Lipinski definition) is 2. The lowest BCUT2D eigenvalue weighted by molar-refractivity contribution is 0.0118. The maximum Gasteiger partial charge on any atom is 0.0590 e. The van der Waals surface area contributed by atoms with Gasteiger partial charge in [0.25, 0.3) is 0 Å². The lowest BCUT2D eigenvalue weighted by Crippen LogP contribution is -2.45. The van der Waals surface area contributed by atoms with Gasteiger partial charge in [0.2, 0.25) is 0 Å². The molecule has 2 rings (SSSR count). The molecule has 3 nitrogen and oxygen atoms in total. The largest absolute Gasteiger partial charge is 0.393 e. The standard InChI is InChI=1S/C14H27NO2/c1-11-9-15(8-7-13(11)16)10-12-5-3-2-4-6-14(12)17/h11-14,16-17H,2-10H2,1H3. The molecule has 4 unspecified atom stereocenters. The summed E-state index contributed by atoms with van der Waals surface area (Å²) >= 11 is 0. The van der Waals surface area contributed by atoms with Crippen molar-refractivity contribution < 1.29 is 10.2 Å². The van der Waals surface area contributed by atoms with E-state index in [9.17, 15) is 10.2 Å². The first-order valence-corrected chi connectivity index (χ1v) is 7.25. The first-order chi connectivity index (χ1) is 8.16. The van der Waals surface area contributed by atoms with Crippen LogP contribution in [-0.2, 0) is 0 Å². The molecule has 4 atom stereocenters. The zero-order valence-electron chi connectivity index (χ0n) is 11.0. The third kappa shape index (κ3) is 3.67. The summed E-state index contributed by atoms with van der Waals surface area (Å²) in [5.41, 5.74) is 0. The number of aliphatic hydroxyl groups is 2. The normalized spacial score (nSPS) is 41.1. The summed E-state index contributed by atoms with van der Waals surface area (Å²) in [6, 6.07) is 0. The van der Waals surface area contributed by atoms with Gasteiger partial charge in [0.05, 0.1) is 12.2 Å². The van der Waals surface area contributed by atoms with E-state index in [0.717, 1.165) is 32.5 Å². The van der Waals surface area contributed by atoms with Crippen molar-refractivity contribution in [2.24, 2.45) is 11.8 Å². The van der Waals surface area contributed by atoms with Crippen molar-refractivity contribution in [2.75, 3.05) is 19.6 Å². The minimum Gasteiger partial charge on any atom is -0.393 e. The molecule has 1 aliphatic heterocycles. The Labute approximate surface area is 105 Å². The molecule has 1 heterocycles. The Bertz CT molecular complexity index is 234. The number of nitrogens with zero attached hydrogens (tertiary/aromatic N) is 1. The molecule has 1 aliphatic carbocycles. The van der Waals surface area contributed by atoms with Crippen molar-refractivity contribution in [1.82, 2.24) is 4.90 Å². The predicted molar refractivity (Wildman–Crippen MR) is 68.8 cm³/mol. The van der Waals surface area contributed by atoms with Gasteiger partial charge in [-0.1, -0.05) is 26.2 Å². The van der Waals surface area contributed by atoms with E-state index in [-0.39, 0.29) is 12.2 Å². The van der Waals surface area contributed by atoms with E-state index in [1.165, 1.54) is 25.7 Å². The smallest absolute Gasteiger partial charge is 0.0590 e.